The third kappa shape index (κ3) is 55.3. The van der Waals surface area contributed by atoms with E-state index in [1.165, 1.54) is 19.3 Å². The van der Waals surface area contributed by atoms with Crippen LogP contribution in [0.5, 0.6) is 0 Å². The third-order valence-corrected chi connectivity index (χ3v) is 11.9. The second-order valence-corrected chi connectivity index (χ2v) is 20.3. The molecule has 0 aliphatic carbocycles. The molecule has 0 N–H and O–H groups in total. The zero-order valence-corrected chi connectivity index (χ0v) is 46.3. The fraction of sp³-hybridized carbons (Fsp3) is 0.607. The summed E-state index contributed by atoms with van der Waals surface area (Å²) in [6.45, 7) is 4.00. The van der Waals surface area contributed by atoms with E-state index in [9.17, 15) is 19.0 Å². The van der Waals surface area contributed by atoms with E-state index in [0.29, 0.717) is 17.4 Å². The number of likely N-dealkylation sites (N-methyl/N-ethyl adjacent to an activating group) is 1. The lowest BCUT2D eigenvalue weighted by Gasteiger charge is -2.28. The van der Waals surface area contributed by atoms with Gasteiger partial charge in [0.15, 0.2) is 6.10 Å². The third-order valence-electron chi connectivity index (χ3n) is 10.9. The summed E-state index contributed by atoms with van der Waals surface area (Å²) in [5.41, 5.74) is 0. The molecule has 0 aromatic heterocycles. The molecule has 0 saturated carbocycles. The molecule has 71 heavy (non-hydrogen) atoms. The highest BCUT2D eigenvalue weighted by atomic mass is 31.2. The number of phosphoric ester groups is 1. The first-order valence-corrected chi connectivity index (χ1v) is 28.9. The quantitative estimate of drug-likeness (QED) is 0.0195. The van der Waals surface area contributed by atoms with Gasteiger partial charge in [0.1, 0.15) is 19.8 Å². The molecule has 10 heteroatoms. The van der Waals surface area contributed by atoms with Gasteiger partial charge in [-0.1, -0.05) is 212 Å². The van der Waals surface area contributed by atoms with E-state index in [0.717, 1.165) is 135 Å². The highest BCUT2D eigenvalue weighted by Crippen LogP contribution is 2.38. The molecule has 2 unspecified atom stereocenters. The Kier molecular flexibility index (Phi) is 48.3. The zero-order chi connectivity index (χ0) is 52.0. The van der Waals surface area contributed by atoms with Gasteiger partial charge in [-0.25, -0.2) is 0 Å². The lowest BCUT2D eigenvalue weighted by Crippen LogP contribution is -2.37. The minimum absolute atomic E-state index is 0.0389. The number of hydrogen-bond acceptors (Lipinski definition) is 8. The van der Waals surface area contributed by atoms with Crippen LogP contribution in [0, 0.1) is 0 Å². The van der Waals surface area contributed by atoms with Crippen molar-refractivity contribution in [2.24, 2.45) is 0 Å². The monoisotopic (exact) mass is 1010 g/mol. The molecular formula is C61H100NO8P. The number of esters is 2. The fourth-order valence-corrected chi connectivity index (χ4v) is 7.45. The molecule has 0 heterocycles. The second kappa shape index (κ2) is 51.1. The number of unbranched alkanes of at least 4 members (excludes halogenated alkanes) is 12. The second-order valence-electron chi connectivity index (χ2n) is 18.9. The first-order chi connectivity index (χ1) is 34.5. The molecule has 0 fully saturated rings. The molecule has 0 aromatic rings. The SMILES string of the molecule is CC/C=C\C/C=C\C/C=C\C/C=C\C/C=C\C/C=C\C/C=C\C/C=C\C/C=C\C/C=C\C/C=C\CCCCCCCCCC(=O)OC(COC(=O)CCCCCCCC)COP(=O)([O-])OCC[N+](C)(C)C. The molecule has 402 valence electrons. The Morgan fingerprint density at radius 3 is 1.20 bits per heavy atom. The Bertz CT molecular complexity index is 1660. The van der Waals surface area contributed by atoms with Crippen LogP contribution in [-0.4, -0.2) is 70.0 Å². The average molecular weight is 1010 g/mol. The molecule has 0 spiro atoms. The number of carbonyl (C=O) groups is 2. The molecule has 2 atom stereocenters. The van der Waals surface area contributed by atoms with E-state index < -0.39 is 32.5 Å². The number of rotatable bonds is 48. The molecule has 0 rings (SSSR count). The molecule has 9 nitrogen and oxygen atoms in total. The molecule has 0 bridgehead atoms. The van der Waals surface area contributed by atoms with Crippen molar-refractivity contribution >= 4 is 19.8 Å². The van der Waals surface area contributed by atoms with Gasteiger partial charge in [-0.15, -0.1) is 0 Å². The van der Waals surface area contributed by atoms with Crippen molar-refractivity contribution in [1.82, 2.24) is 0 Å². The van der Waals surface area contributed by atoms with Gasteiger partial charge in [0.2, 0.25) is 0 Å². The van der Waals surface area contributed by atoms with Gasteiger partial charge in [-0.05, 0) is 96.3 Å². The fourth-order valence-electron chi connectivity index (χ4n) is 6.72. The van der Waals surface area contributed by atoms with Crippen LogP contribution >= 0.6 is 7.82 Å². The largest absolute Gasteiger partial charge is 0.756 e. The number of phosphoric acid groups is 1. The predicted molar refractivity (Wildman–Crippen MR) is 300 cm³/mol. The van der Waals surface area contributed by atoms with E-state index in [4.69, 9.17) is 18.5 Å². The van der Waals surface area contributed by atoms with E-state index >= 15 is 0 Å². The minimum Gasteiger partial charge on any atom is -0.756 e. The summed E-state index contributed by atoms with van der Waals surface area (Å²) in [4.78, 5) is 37.4. The van der Waals surface area contributed by atoms with Crippen LogP contribution in [-0.2, 0) is 32.7 Å². The Hall–Kier alpha value is -3.85. The van der Waals surface area contributed by atoms with Crippen molar-refractivity contribution in [3.63, 3.8) is 0 Å². The minimum atomic E-state index is -4.63. The van der Waals surface area contributed by atoms with Gasteiger partial charge in [-0.3, -0.25) is 14.2 Å². The standard InChI is InChI=1S/C61H100NO8P/c1-6-8-10-12-14-15-16-17-18-19-20-21-22-23-24-25-26-27-28-29-30-31-32-33-34-35-36-37-38-39-40-41-42-43-44-45-46-47-48-50-52-54-61(64)70-59(57-67-60(63)53-51-49-13-11-9-7-2)58-69-71(65,66)68-56-55-62(3,4)5/h8,10,14-15,17-18,20-21,23-24,26-27,29-30,32-33,35-36,38-39,41-42,59H,6-7,9,11-13,16,19,22,25,28,31,34,37,40,43-58H2,1-5H3/b10-8-,15-14-,18-17-,21-20-,24-23-,27-26-,30-29-,33-32-,36-35-,39-38-,42-41-. The highest BCUT2D eigenvalue weighted by molar-refractivity contribution is 7.45. The predicted octanol–water partition coefficient (Wildman–Crippen LogP) is 16.3. The molecule has 0 amide bonds. The Morgan fingerprint density at radius 1 is 0.451 bits per heavy atom. The van der Waals surface area contributed by atoms with Crippen LogP contribution < -0.4 is 4.89 Å². The maximum atomic E-state index is 12.7. The van der Waals surface area contributed by atoms with E-state index in [2.05, 4.69) is 148 Å². The summed E-state index contributed by atoms with van der Waals surface area (Å²) < 4.78 is 33.8. The van der Waals surface area contributed by atoms with Crippen molar-refractivity contribution in [2.75, 3.05) is 47.5 Å². The normalized spacial score (nSPS) is 14.4. The first-order valence-electron chi connectivity index (χ1n) is 27.4. The van der Waals surface area contributed by atoms with Crippen molar-refractivity contribution in [1.29, 1.82) is 0 Å². The summed E-state index contributed by atoms with van der Waals surface area (Å²) in [7, 11) is 1.14. The topological polar surface area (TPSA) is 111 Å². The molecule has 0 aliphatic rings. The van der Waals surface area contributed by atoms with Crippen LogP contribution in [0.4, 0.5) is 0 Å². The van der Waals surface area contributed by atoms with Crippen LogP contribution in [0.15, 0.2) is 134 Å². The van der Waals surface area contributed by atoms with Crippen LogP contribution in [0.25, 0.3) is 0 Å². The summed E-state index contributed by atoms with van der Waals surface area (Å²) in [6, 6.07) is 0. The van der Waals surface area contributed by atoms with E-state index in [1.54, 1.807) is 0 Å². The summed E-state index contributed by atoms with van der Waals surface area (Å²) in [5.74, 6) is -0.867. The molecular weight excluding hydrogens is 906 g/mol. The maximum absolute atomic E-state index is 12.7. The van der Waals surface area contributed by atoms with Gasteiger partial charge >= 0.3 is 11.9 Å². The lowest BCUT2D eigenvalue weighted by atomic mass is 10.1. The number of ether oxygens (including phenoxy) is 2. The van der Waals surface area contributed by atoms with Gasteiger partial charge in [-0.2, -0.15) is 0 Å². The van der Waals surface area contributed by atoms with Gasteiger partial charge < -0.3 is 27.9 Å². The zero-order valence-electron chi connectivity index (χ0n) is 45.4. The Balaban J connectivity index is 4.03. The smallest absolute Gasteiger partial charge is 0.306 e. The van der Waals surface area contributed by atoms with Crippen molar-refractivity contribution < 1.29 is 42.1 Å². The first kappa shape index (κ1) is 67.1. The molecule has 0 saturated heterocycles. The maximum Gasteiger partial charge on any atom is 0.306 e. The van der Waals surface area contributed by atoms with E-state index in [-0.39, 0.29) is 26.1 Å². The van der Waals surface area contributed by atoms with Crippen LogP contribution in [0.2, 0.25) is 0 Å². The molecule has 0 aromatic carbocycles. The summed E-state index contributed by atoms with van der Waals surface area (Å²) in [6.07, 6.45) is 74.0. The summed E-state index contributed by atoms with van der Waals surface area (Å²) in [5, 5.41) is 0. The van der Waals surface area contributed by atoms with Gasteiger partial charge in [0.05, 0.1) is 27.7 Å². The number of quaternary nitrogens is 1. The van der Waals surface area contributed by atoms with Crippen LogP contribution in [0.1, 0.15) is 187 Å². The highest BCUT2D eigenvalue weighted by Gasteiger charge is 2.21. The van der Waals surface area contributed by atoms with Crippen molar-refractivity contribution in [3.05, 3.63) is 134 Å². The molecule has 0 radical (unpaired) electrons. The average Bonchev–Trinajstić information content (AvgIpc) is 3.33. The molecule has 0 aliphatic heterocycles. The Labute approximate surface area is 434 Å². The van der Waals surface area contributed by atoms with Crippen LogP contribution in [0.3, 0.4) is 0 Å². The van der Waals surface area contributed by atoms with Crippen molar-refractivity contribution in [2.45, 2.75) is 193 Å². The summed E-state index contributed by atoms with van der Waals surface area (Å²) >= 11 is 0. The van der Waals surface area contributed by atoms with Crippen molar-refractivity contribution in [3.8, 4) is 0 Å². The number of hydrogen-bond donors (Lipinski definition) is 0. The van der Waals surface area contributed by atoms with Gasteiger partial charge in [0, 0.05) is 12.8 Å². The number of nitrogens with zero attached hydrogens (tertiary/aromatic N) is 1. The Morgan fingerprint density at radius 2 is 0.803 bits per heavy atom. The van der Waals surface area contributed by atoms with E-state index in [1.807, 2.05) is 21.1 Å². The number of carbonyl (C=O) groups excluding carboxylic acids is 2. The van der Waals surface area contributed by atoms with Gasteiger partial charge in [0.25, 0.3) is 7.82 Å². The number of allylic oxidation sites excluding steroid dienone is 22. The lowest BCUT2D eigenvalue weighted by molar-refractivity contribution is -0.870.